The van der Waals surface area contributed by atoms with Gasteiger partial charge in [0.2, 0.25) is 0 Å². The predicted octanol–water partition coefficient (Wildman–Crippen LogP) is 14.2. The SMILES string of the molecule is CC(C)(C)c1ccc(N(c2ccc(C(C)(C)C)cc2)c2c3ccccc3c(-c3ccc4ccc5c6c4c3CC=C6CC=C5)c3ccccc23)cc1. The summed E-state index contributed by atoms with van der Waals surface area (Å²) in [5.41, 5.74) is 14.7. The van der Waals surface area contributed by atoms with Gasteiger partial charge in [0.05, 0.1) is 5.69 Å². The number of allylic oxidation sites excluding steroid dienone is 3. The minimum absolute atomic E-state index is 0.0738. The van der Waals surface area contributed by atoms with E-state index in [1.807, 2.05) is 0 Å². The summed E-state index contributed by atoms with van der Waals surface area (Å²) in [7, 11) is 0. The molecule has 1 heteroatoms. The molecule has 0 fully saturated rings. The van der Waals surface area contributed by atoms with Crippen molar-refractivity contribution in [2.24, 2.45) is 0 Å². The minimum atomic E-state index is 0.0738. The molecule has 0 atom stereocenters. The quantitative estimate of drug-likeness (QED) is 0.170. The summed E-state index contributed by atoms with van der Waals surface area (Å²) in [6.07, 6.45) is 9.07. The third-order valence-corrected chi connectivity index (χ3v) is 11.2. The maximum absolute atomic E-state index is 2.50. The molecule has 0 bridgehead atoms. The van der Waals surface area contributed by atoms with Gasteiger partial charge >= 0.3 is 0 Å². The summed E-state index contributed by atoms with van der Waals surface area (Å²) in [6, 6.07) is 46.0. The Hall–Kier alpha value is -5.40. The Kier molecular flexibility index (Phi) is 7.16. The van der Waals surface area contributed by atoms with Crippen LogP contribution in [0.5, 0.6) is 0 Å². The van der Waals surface area contributed by atoms with Crippen LogP contribution in [0.3, 0.4) is 0 Å². The van der Waals surface area contributed by atoms with Gasteiger partial charge in [-0.25, -0.2) is 0 Å². The van der Waals surface area contributed by atoms with E-state index in [4.69, 9.17) is 0 Å². The third-order valence-electron chi connectivity index (χ3n) is 11.2. The van der Waals surface area contributed by atoms with Crippen molar-refractivity contribution in [2.45, 2.75) is 65.2 Å². The molecule has 0 N–H and O–H groups in total. The van der Waals surface area contributed by atoms with Gasteiger partial charge in [-0.05, 0) is 114 Å². The fraction of sp³-hybridized carbons (Fsp3) is 0.200. The van der Waals surface area contributed by atoms with E-state index < -0.39 is 0 Å². The molecule has 7 aromatic carbocycles. The van der Waals surface area contributed by atoms with E-state index in [0.717, 1.165) is 24.2 Å². The molecule has 0 radical (unpaired) electrons. The zero-order valence-electron chi connectivity index (χ0n) is 30.6. The van der Waals surface area contributed by atoms with Crippen molar-refractivity contribution < 1.29 is 0 Å². The van der Waals surface area contributed by atoms with E-state index in [1.54, 1.807) is 0 Å². The van der Waals surface area contributed by atoms with Crippen molar-refractivity contribution in [1.82, 2.24) is 0 Å². The van der Waals surface area contributed by atoms with Crippen molar-refractivity contribution in [3.8, 4) is 11.1 Å². The van der Waals surface area contributed by atoms with Gasteiger partial charge in [-0.3, -0.25) is 0 Å². The summed E-state index contributed by atoms with van der Waals surface area (Å²) < 4.78 is 0. The maximum Gasteiger partial charge on any atom is 0.0618 e. The Bertz CT molecular complexity index is 2450. The molecule has 0 unspecified atom stereocenters. The second-order valence-corrected chi connectivity index (χ2v) is 16.5. The lowest BCUT2D eigenvalue weighted by atomic mass is 9.78. The number of anilines is 3. The van der Waals surface area contributed by atoms with Gasteiger partial charge in [0.15, 0.2) is 0 Å². The molecule has 2 aliphatic rings. The molecule has 0 aromatic heterocycles. The molecule has 51 heavy (non-hydrogen) atoms. The summed E-state index contributed by atoms with van der Waals surface area (Å²) >= 11 is 0. The molecule has 0 saturated carbocycles. The number of hydrogen-bond acceptors (Lipinski definition) is 1. The van der Waals surface area contributed by atoms with Crippen LogP contribution in [0.1, 0.15) is 75.8 Å². The maximum atomic E-state index is 2.50. The zero-order valence-corrected chi connectivity index (χ0v) is 30.6. The smallest absolute Gasteiger partial charge is 0.0618 e. The molecule has 0 saturated heterocycles. The van der Waals surface area contributed by atoms with Crippen LogP contribution in [0.4, 0.5) is 17.1 Å². The monoisotopic (exact) mass is 659 g/mol. The third kappa shape index (κ3) is 5.13. The van der Waals surface area contributed by atoms with Gasteiger partial charge < -0.3 is 4.90 Å². The Morgan fingerprint density at radius 1 is 0.510 bits per heavy atom. The highest BCUT2D eigenvalue weighted by Crippen LogP contribution is 2.51. The van der Waals surface area contributed by atoms with Crippen LogP contribution >= 0.6 is 0 Å². The Balaban J connectivity index is 1.35. The van der Waals surface area contributed by atoms with Gasteiger partial charge in [-0.1, -0.05) is 157 Å². The lowest BCUT2D eigenvalue weighted by Gasteiger charge is -2.31. The Morgan fingerprint density at radius 2 is 1.04 bits per heavy atom. The molecule has 250 valence electrons. The lowest BCUT2D eigenvalue weighted by molar-refractivity contribution is 0.590. The highest BCUT2D eigenvalue weighted by molar-refractivity contribution is 6.23. The number of rotatable bonds is 4. The first-order valence-corrected chi connectivity index (χ1v) is 18.5. The fourth-order valence-electron chi connectivity index (χ4n) is 8.53. The molecule has 7 aromatic rings. The number of fused-ring (bicyclic) bond motifs is 2. The van der Waals surface area contributed by atoms with Crippen molar-refractivity contribution in [3.05, 3.63) is 161 Å². The van der Waals surface area contributed by atoms with Gasteiger partial charge in [-0.15, -0.1) is 0 Å². The highest BCUT2D eigenvalue weighted by atomic mass is 15.1. The predicted molar refractivity (Wildman–Crippen MR) is 222 cm³/mol. The number of nitrogens with zero attached hydrogens (tertiary/aromatic N) is 1. The molecule has 2 aliphatic carbocycles. The van der Waals surface area contributed by atoms with Gasteiger partial charge in [-0.2, -0.15) is 0 Å². The largest absolute Gasteiger partial charge is 0.309 e. The van der Waals surface area contributed by atoms with Gasteiger partial charge in [0.25, 0.3) is 0 Å². The van der Waals surface area contributed by atoms with Crippen molar-refractivity contribution in [3.63, 3.8) is 0 Å². The number of benzene rings is 7. The molecular weight excluding hydrogens is 615 g/mol. The lowest BCUT2D eigenvalue weighted by Crippen LogP contribution is -2.15. The first-order chi connectivity index (χ1) is 24.6. The van der Waals surface area contributed by atoms with Gasteiger partial charge in [0, 0.05) is 22.1 Å². The van der Waals surface area contributed by atoms with Gasteiger partial charge in [0.1, 0.15) is 0 Å². The first kappa shape index (κ1) is 31.6. The second-order valence-electron chi connectivity index (χ2n) is 16.5. The van der Waals surface area contributed by atoms with Crippen LogP contribution in [0.15, 0.2) is 133 Å². The van der Waals surface area contributed by atoms with Crippen LogP contribution < -0.4 is 4.90 Å². The van der Waals surface area contributed by atoms with Crippen LogP contribution in [-0.2, 0) is 17.3 Å². The normalized spacial score (nSPS) is 14.0. The second kappa shape index (κ2) is 11.6. The minimum Gasteiger partial charge on any atom is -0.309 e. The molecule has 0 heterocycles. The molecule has 0 spiro atoms. The Labute approximate surface area is 302 Å². The van der Waals surface area contributed by atoms with E-state index in [1.165, 1.54) is 82.5 Å². The average Bonchev–Trinajstić information content (AvgIpc) is 3.13. The van der Waals surface area contributed by atoms with E-state index in [2.05, 4.69) is 186 Å². The van der Waals surface area contributed by atoms with Crippen LogP contribution in [0.25, 0.3) is 55.1 Å². The average molecular weight is 660 g/mol. The standard InChI is InChI=1S/C50H45N/c1-49(2,3)35-22-26-37(27-23-35)51(38-28-24-36(25-29-38)50(4,5)6)48-43-16-9-7-14-39(43)47(40-15-8-10-17-44(40)48)42-31-21-34-19-18-32-12-11-13-33-20-30-41(42)46(34)45(32)33/h7-12,14-29,31H,13,30H2,1-6H3. The summed E-state index contributed by atoms with van der Waals surface area (Å²) in [4.78, 5) is 2.50. The molecule has 0 amide bonds. The van der Waals surface area contributed by atoms with E-state index >= 15 is 0 Å². The molecule has 9 rings (SSSR count). The summed E-state index contributed by atoms with van der Waals surface area (Å²) in [5, 5.41) is 7.84. The van der Waals surface area contributed by atoms with Crippen LogP contribution in [0.2, 0.25) is 0 Å². The highest BCUT2D eigenvalue weighted by Gasteiger charge is 2.27. The topological polar surface area (TPSA) is 3.24 Å². The molecule has 1 nitrogen and oxygen atoms in total. The first-order valence-electron chi connectivity index (χ1n) is 18.5. The zero-order chi connectivity index (χ0) is 35.1. The van der Waals surface area contributed by atoms with Crippen LogP contribution in [-0.4, -0.2) is 0 Å². The summed E-state index contributed by atoms with van der Waals surface area (Å²) in [6.45, 7) is 13.7. The molecule has 0 aliphatic heterocycles. The van der Waals surface area contributed by atoms with Crippen molar-refractivity contribution >= 4 is 61.0 Å². The van der Waals surface area contributed by atoms with E-state index in [9.17, 15) is 0 Å². The Morgan fingerprint density at radius 3 is 1.59 bits per heavy atom. The summed E-state index contributed by atoms with van der Waals surface area (Å²) in [5.74, 6) is 0. The van der Waals surface area contributed by atoms with Crippen molar-refractivity contribution in [1.29, 1.82) is 0 Å². The fourth-order valence-corrected chi connectivity index (χ4v) is 8.53. The van der Waals surface area contributed by atoms with E-state index in [-0.39, 0.29) is 10.8 Å². The van der Waals surface area contributed by atoms with Crippen molar-refractivity contribution in [2.75, 3.05) is 4.90 Å². The van der Waals surface area contributed by atoms with Crippen LogP contribution in [0, 0.1) is 0 Å². The van der Waals surface area contributed by atoms with E-state index in [0.29, 0.717) is 0 Å². The molecular formula is C50H45N. The number of hydrogen-bond donors (Lipinski definition) is 0.